The highest BCUT2D eigenvalue weighted by atomic mass is 14.6. The highest BCUT2D eigenvalue weighted by Crippen LogP contribution is 2.40. The molecule has 0 radical (unpaired) electrons. The van der Waals surface area contributed by atoms with E-state index in [0.29, 0.717) is 5.69 Å². The van der Waals surface area contributed by atoms with Gasteiger partial charge < -0.3 is 0 Å². The normalized spacial score (nSPS) is 18.0. The molecule has 1 saturated carbocycles. The largest absolute Gasteiger partial charge is 0.238 e. The lowest BCUT2D eigenvalue weighted by atomic mass is 9.80. The molecule has 0 aromatic heterocycles. The predicted octanol–water partition coefficient (Wildman–Crippen LogP) is 3.57. The minimum atomic E-state index is -0.277. The van der Waals surface area contributed by atoms with Crippen molar-refractivity contribution in [1.29, 1.82) is 5.26 Å². The smallest absolute Gasteiger partial charge is 0.187 e. The Bertz CT molecular complexity index is 425. The van der Waals surface area contributed by atoms with Gasteiger partial charge >= 0.3 is 0 Å². The Balaban J connectivity index is 2.37. The van der Waals surface area contributed by atoms with E-state index in [2.05, 4.69) is 10.9 Å². The number of nitrogens with zero attached hydrogens (tertiary/aromatic N) is 2. The molecule has 1 aromatic carbocycles. The monoisotopic (exact) mass is 196 g/mol. The fourth-order valence-corrected chi connectivity index (χ4v) is 2.30. The van der Waals surface area contributed by atoms with E-state index in [-0.39, 0.29) is 5.41 Å². The SMILES string of the molecule is [C-]#[N+]c1ccc(C2(C#N)CCCC2)cc1. The molecule has 0 unspecified atom stereocenters. The summed E-state index contributed by atoms with van der Waals surface area (Å²) in [5.74, 6) is 0. The lowest BCUT2D eigenvalue weighted by Gasteiger charge is -2.20. The van der Waals surface area contributed by atoms with E-state index < -0.39 is 0 Å². The van der Waals surface area contributed by atoms with Gasteiger partial charge in [-0.05, 0) is 18.4 Å². The third-order valence-electron chi connectivity index (χ3n) is 3.22. The predicted molar refractivity (Wildman–Crippen MR) is 58.5 cm³/mol. The molecule has 0 bridgehead atoms. The van der Waals surface area contributed by atoms with Crippen LogP contribution in [0.1, 0.15) is 31.2 Å². The lowest BCUT2D eigenvalue weighted by Crippen LogP contribution is -2.18. The molecule has 2 nitrogen and oxygen atoms in total. The van der Waals surface area contributed by atoms with Crippen molar-refractivity contribution in [2.75, 3.05) is 0 Å². The van der Waals surface area contributed by atoms with E-state index in [4.69, 9.17) is 6.57 Å². The summed E-state index contributed by atoms with van der Waals surface area (Å²) in [5.41, 5.74) is 1.44. The summed E-state index contributed by atoms with van der Waals surface area (Å²) in [4.78, 5) is 3.35. The second-order valence-electron chi connectivity index (χ2n) is 4.06. The molecule has 1 fully saturated rings. The highest BCUT2D eigenvalue weighted by Gasteiger charge is 2.35. The van der Waals surface area contributed by atoms with Crippen LogP contribution in [0.5, 0.6) is 0 Å². The summed E-state index contributed by atoms with van der Waals surface area (Å²) in [7, 11) is 0. The first-order valence-corrected chi connectivity index (χ1v) is 5.20. The van der Waals surface area contributed by atoms with E-state index in [1.807, 2.05) is 12.1 Å². The summed E-state index contributed by atoms with van der Waals surface area (Å²) in [5, 5.41) is 9.29. The van der Waals surface area contributed by atoms with Crippen LogP contribution in [0.2, 0.25) is 0 Å². The molecule has 1 aliphatic carbocycles. The Morgan fingerprint density at radius 1 is 1.20 bits per heavy atom. The first-order valence-electron chi connectivity index (χ1n) is 5.20. The van der Waals surface area contributed by atoms with Gasteiger partial charge in [-0.3, -0.25) is 0 Å². The van der Waals surface area contributed by atoms with Crippen molar-refractivity contribution in [3.8, 4) is 6.07 Å². The van der Waals surface area contributed by atoms with Crippen LogP contribution in [-0.4, -0.2) is 0 Å². The average molecular weight is 196 g/mol. The van der Waals surface area contributed by atoms with Crippen LogP contribution in [0.15, 0.2) is 24.3 Å². The highest BCUT2D eigenvalue weighted by molar-refractivity contribution is 5.48. The molecule has 2 rings (SSSR count). The molecular formula is C13H12N2. The minimum absolute atomic E-state index is 0.277. The van der Waals surface area contributed by atoms with E-state index in [1.54, 1.807) is 12.1 Å². The molecule has 15 heavy (non-hydrogen) atoms. The molecule has 0 atom stereocenters. The molecule has 0 amide bonds. The van der Waals surface area contributed by atoms with E-state index in [9.17, 15) is 5.26 Å². The molecule has 1 aromatic rings. The van der Waals surface area contributed by atoms with Crippen LogP contribution in [0.4, 0.5) is 5.69 Å². The summed E-state index contributed by atoms with van der Waals surface area (Å²) < 4.78 is 0. The Labute approximate surface area is 90.0 Å². The van der Waals surface area contributed by atoms with Crippen molar-refractivity contribution in [3.05, 3.63) is 41.2 Å². The third-order valence-corrected chi connectivity index (χ3v) is 3.22. The van der Waals surface area contributed by atoms with Gasteiger partial charge in [-0.25, -0.2) is 4.85 Å². The molecule has 0 spiro atoms. The molecule has 74 valence electrons. The number of benzene rings is 1. The maximum atomic E-state index is 9.29. The number of hydrogen-bond acceptors (Lipinski definition) is 1. The lowest BCUT2D eigenvalue weighted by molar-refractivity contribution is 0.573. The molecule has 1 aliphatic rings. The molecule has 2 heteroatoms. The first-order chi connectivity index (χ1) is 7.30. The summed E-state index contributed by atoms with van der Waals surface area (Å²) in [6.45, 7) is 6.88. The topological polar surface area (TPSA) is 28.1 Å². The number of rotatable bonds is 1. The van der Waals surface area contributed by atoms with Crippen LogP contribution in [0.25, 0.3) is 4.85 Å². The van der Waals surface area contributed by atoms with Crippen molar-refractivity contribution in [2.24, 2.45) is 0 Å². The van der Waals surface area contributed by atoms with Crippen LogP contribution in [0, 0.1) is 17.9 Å². The second-order valence-corrected chi connectivity index (χ2v) is 4.06. The van der Waals surface area contributed by atoms with Crippen LogP contribution in [0.3, 0.4) is 0 Å². The molecule has 0 aliphatic heterocycles. The zero-order valence-corrected chi connectivity index (χ0v) is 8.53. The summed E-state index contributed by atoms with van der Waals surface area (Å²) >= 11 is 0. The van der Waals surface area contributed by atoms with Crippen molar-refractivity contribution in [3.63, 3.8) is 0 Å². The van der Waals surface area contributed by atoms with Crippen molar-refractivity contribution in [1.82, 2.24) is 0 Å². The number of hydrogen-bond donors (Lipinski definition) is 0. The van der Waals surface area contributed by atoms with Gasteiger partial charge in [-0.2, -0.15) is 5.26 Å². The minimum Gasteiger partial charge on any atom is -0.238 e. The van der Waals surface area contributed by atoms with E-state index in [0.717, 1.165) is 31.2 Å². The van der Waals surface area contributed by atoms with Crippen LogP contribution in [-0.2, 0) is 5.41 Å². The zero-order chi connectivity index (χ0) is 10.7. The fourth-order valence-electron chi connectivity index (χ4n) is 2.30. The van der Waals surface area contributed by atoms with Crippen molar-refractivity contribution >= 4 is 5.69 Å². The van der Waals surface area contributed by atoms with Gasteiger partial charge in [0.15, 0.2) is 5.69 Å². The van der Waals surface area contributed by atoms with Gasteiger partial charge in [-0.15, -0.1) is 0 Å². The first kappa shape index (κ1) is 9.74. The van der Waals surface area contributed by atoms with Gasteiger partial charge in [0.05, 0.1) is 18.1 Å². The third kappa shape index (κ3) is 1.60. The maximum Gasteiger partial charge on any atom is 0.187 e. The second kappa shape index (κ2) is 3.75. The molecule has 0 heterocycles. The van der Waals surface area contributed by atoms with Crippen LogP contribution >= 0.6 is 0 Å². The Hall–Kier alpha value is -1.80. The average Bonchev–Trinajstić information content (AvgIpc) is 2.79. The van der Waals surface area contributed by atoms with Crippen LogP contribution < -0.4 is 0 Å². The Morgan fingerprint density at radius 2 is 1.80 bits per heavy atom. The van der Waals surface area contributed by atoms with Gasteiger partial charge in [0.2, 0.25) is 0 Å². The van der Waals surface area contributed by atoms with Crippen molar-refractivity contribution < 1.29 is 0 Å². The van der Waals surface area contributed by atoms with Gasteiger partial charge in [0, 0.05) is 0 Å². The van der Waals surface area contributed by atoms with Gasteiger partial charge in [0.25, 0.3) is 0 Å². The molecule has 0 saturated heterocycles. The van der Waals surface area contributed by atoms with Gasteiger partial charge in [-0.1, -0.05) is 37.1 Å². The standard InChI is InChI=1S/C13H12N2/c1-15-12-6-4-11(5-7-12)13(10-14)8-2-3-9-13/h4-7H,2-3,8-9H2. The van der Waals surface area contributed by atoms with Gasteiger partial charge in [0.1, 0.15) is 0 Å². The zero-order valence-electron chi connectivity index (χ0n) is 8.53. The summed E-state index contributed by atoms with van der Waals surface area (Å²) in [6.07, 6.45) is 4.19. The molecular weight excluding hydrogens is 184 g/mol. The van der Waals surface area contributed by atoms with Crippen molar-refractivity contribution in [2.45, 2.75) is 31.1 Å². The Kier molecular flexibility index (Phi) is 2.44. The fraction of sp³-hybridized carbons (Fsp3) is 0.385. The summed E-state index contributed by atoms with van der Waals surface area (Å²) in [6, 6.07) is 9.93. The molecule has 0 N–H and O–H groups in total. The van der Waals surface area contributed by atoms with E-state index in [1.165, 1.54) is 0 Å². The maximum absolute atomic E-state index is 9.29. The quantitative estimate of drug-likeness (QED) is 0.631. The van der Waals surface area contributed by atoms with E-state index >= 15 is 0 Å². The Morgan fingerprint density at radius 3 is 2.27 bits per heavy atom. The number of nitriles is 1.